The highest BCUT2D eigenvalue weighted by Gasteiger charge is 2.25. The molecular formula is C39H38N4O7. The number of ether oxygens (including phenoxy) is 6. The number of nitrogens with zero attached hydrogens (tertiary/aromatic N) is 4. The van der Waals surface area contributed by atoms with E-state index < -0.39 is 5.97 Å². The molecule has 2 aliphatic rings. The van der Waals surface area contributed by atoms with Crippen molar-refractivity contribution >= 4 is 22.7 Å². The van der Waals surface area contributed by atoms with E-state index in [1.807, 2.05) is 42.5 Å². The fraction of sp³-hybridized carbons (Fsp3) is 0.333. The predicted octanol–water partition coefficient (Wildman–Crippen LogP) is 6.49. The first-order valence-corrected chi connectivity index (χ1v) is 16.7. The summed E-state index contributed by atoms with van der Waals surface area (Å²) in [6.45, 7) is 10.7. The van der Waals surface area contributed by atoms with Crippen LogP contribution in [0.25, 0.3) is 27.1 Å². The van der Waals surface area contributed by atoms with Crippen LogP contribution in [0.4, 0.5) is 5.69 Å². The van der Waals surface area contributed by atoms with Gasteiger partial charge in [-0.2, -0.15) is 0 Å². The quantitative estimate of drug-likeness (QED) is 0.0985. The molecule has 1 atom stereocenters. The van der Waals surface area contributed by atoms with Crippen LogP contribution in [0.5, 0.6) is 11.6 Å². The summed E-state index contributed by atoms with van der Waals surface area (Å²) in [5.41, 5.74) is 8.20. The Bertz CT molecular complexity index is 2060. The van der Waals surface area contributed by atoms with E-state index in [2.05, 4.69) is 27.6 Å². The number of esters is 1. The van der Waals surface area contributed by atoms with Crippen LogP contribution in [0.2, 0.25) is 0 Å². The minimum absolute atomic E-state index is 0.0429. The van der Waals surface area contributed by atoms with Gasteiger partial charge in [0.05, 0.1) is 62.9 Å². The predicted molar refractivity (Wildman–Crippen MR) is 186 cm³/mol. The first-order valence-electron chi connectivity index (χ1n) is 16.7. The molecule has 1 saturated heterocycles. The highest BCUT2D eigenvalue weighted by atomic mass is 16.5. The number of pyridine rings is 1. The third-order valence-electron chi connectivity index (χ3n) is 9.09. The molecule has 4 bridgehead atoms. The summed E-state index contributed by atoms with van der Waals surface area (Å²) >= 11 is 0. The zero-order chi connectivity index (χ0) is 34.5. The number of benzene rings is 3. The number of fused-ring (bicyclic) bond motifs is 7. The highest BCUT2D eigenvalue weighted by Crippen LogP contribution is 2.33. The number of carbonyl (C=O) groups excluding carboxylic acids is 1. The van der Waals surface area contributed by atoms with Gasteiger partial charge in [0.1, 0.15) is 30.3 Å². The van der Waals surface area contributed by atoms with Gasteiger partial charge in [-0.05, 0) is 59.4 Å². The van der Waals surface area contributed by atoms with E-state index in [4.69, 9.17) is 45.0 Å². The summed E-state index contributed by atoms with van der Waals surface area (Å²) in [5, 5.41) is 0. The first-order chi connectivity index (χ1) is 24.5. The van der Waals surface area contributed by atoms with Gasteiger partial charge in [-0.25, -0.2) is 19.6 Å². The molecule has 0 N–H and O–H groups in total. The van der Waals surface area contributed by atoms with Crippen LogP contribution >= 0.6 is 0 Å². The van der Waals surface area contributed by atoms with Gasteiger partial charge in [-0.15, -0.1) is 0 Å². The van der Waals surface area contributed by atoms with E-state index in [1.54, 1.807) is 13.2 Å². The summed E-state index contributed by atoms with van der Waals surface area (Å²) < 4.78 is 36.8. The minimum atomic E-state index is -0.455. The van der Waals surface area contributed by atoms with Crippen molar-refractivity contribution in [3.05, 3.63) is 112 Å². The molecule has 4 heterocycles. The Morgan fingerprint density at radius 1 is 0.980 bits per heavy atom. The lowest BCUT2D eigenvalue weighted by molar-refractivity contribution is -0.0589. The molecule has 11 nitrogen and oxygen atoms in total. The molecule has 0 aliphatic carbocycles. The standard InChI is InChI=1S/C39H38N4O7/c1-40-31-10-9-28-24-50-37-6-4-5-33(41-37)27-8-7-25(30(17-27)23-47-13-11-26(28)18-31)21-36-42-38-34(43(36)22-32-12-14-48-32)19-29(39(44)46-3)20-35(38)49-16-15-45-2/h4-10,17-20,32H,11-16,21-24H2,2-3H3/t32-/m0/s1. The van der Waals surface area contributed by atoms with Gasteiger partial charge < -0.3 is 33.0 Å². The maximum atomic E-state index is 12.7. The van der Waals surface area contributed by atoms with Crippen molar-refractivity contribution in [1.82, 2.24) is 14.5 Å². The number of hydrogen-bond donors (Lipinski definition) is 0. The summed E-state index contributed by atoms with van der Waals surface area (Å²) in [6, 6.07) is 21.2. The zero-order valence-corrected chi connectivity index (χ0v) is 28.1. The second-order valence-corrected chi connectivity index (χ2v) is 12.3. The van der Waals surface area contributed by atoms with E-state index in [9.17, 15) is 4.79 Å². The summed E-state index contributed by atoms with van der Waals surface area (Å²) in [4.78, 5) is 26.3. The Kier molecular flexibility index (Phi) is 10.0. The number of methoxy groups -OCH3 is 2. The van der Waals surface area contributed by atoms with Gasteiger partial charge in [0, 0.05) is 31.8 Å². The molecule has 7 rings (SSSR count). The lowest BCUT2D eigenvalue weighted by atomic mass is 9.99. The molecule has 2 aliphatic heterocycles. The molecule has 0 unspecified atom stereocenters. The van der Waals surface area contributed by atoms with Crippen molar-refractivity contribution in [2.45, 2.75) is 45.1 Å². The van der Waals surface area contributed by atoms with Crippen LogP contribution in [0.3, 0.4) is 0 Å². The molecule has 256 valence electrons. The summed E-state index contributed by atoms with van der Waals surface area (Å²) in [6.07, 6.45) is 2.12. The number of rotatable bonds is 9. The van der Waals surface area contributed by atoms with Gasteiger partial charge in [0.15, 0.2) is 5.69 Å². The van der Waals surface area contributed by atoms with Crippen LogP contribution in [0.1, 0.15) is 44.9 Å². The van der Waals surface area contributed by atoms with E-state index in [-0.39, 0.29) is 6.10 Å². The van der Waals surface area contributed by atoms with Crippen molar-refractivity contribution in [3.63, 3.8) is 0 Å². The molecule has 5 aromatic rings. The van der Waals surface area contributed by atoms with Crippen LogP contribution in [-0.4, -0.2) is 67.3 Å². The Hall–Kier alpha value is -5.28. The zero-order valence-electron chi connectivity index (χ0n) is 28.1. The third kappa shape index (κ3) is 7.19. The van der Waals surface area contributed by atoms with Gasteiger partial charge in [-0.3, -0.25) is 0 Å². The maximum absolute atomic E-state index is 12.7. The Morgan fingerprint density at radius 3 is 2.68 bits per heavy atom. The van der Waals surface area contributed by atoms with E-state index in [0.717, 1.165) is 57.9 Å². The van der Waals surface area contributed by atoms with Crippen molar-refractivity contribution in [2.75, 3.05) is 40.6 Å². The fourth-order valence-electron chi connectivity index (χ4n) is 6.28. The fourth-order valence-corrected chi connectivity index (χ4v) is 6.28. The highest BCUT2D eigenvalue weighted by molar-refractivity contribution is 5.96. The molecule has 3 aromatic carbocycles. The number of imidazole rings is 1. The smallest absolute Gasteiger partial charge is 0.338 e. The average Bonchev–Trinajstić information content (AvgIpc) is 3.47. The van der Waals surface area contributed by atoms with Crippen LogP contribution in [0.15, 0.2) is 66.7 Å². The van der Waals surface area contributed by atoms with Crippen molar-refractivity contribution in [2.24, 2.45) is 0 Å². The largest absolute Gasteiger partial charge is 0.489 e. The minimum Gasteiger partial charge on any atom is -0.489 e. The molecule has 2 aromatic heterocycles. The molecular weight excluding hydrogens is 636 g/mol. The van der Waals surface area contributed by atoms with E-state index >= 15 is 0 Å². The number of hydrogen-bond acceptors (Lipinski definition) is 9. The normalized spacial score (nSPS) is 15.6. The van der Waals surface area contributed by atoms with Gasteiger partial charge in [0.2, 0.25) is 5.88 Å². The van der Waals surface area contributed by atoms with Crippen LogP contribution in [-0.2, 0) is 51.5 Å². The lowest BCUT2D eigenvalue weighted by Gasteiger charge is -2.27. The average molecular weight is 675 g/mol. The topological polar surface area (TPSA) is 108 Å². The second kappa shape index (κ2) is 15.1. The van der Waals surface area contributed by atoms with Crippen LogP contribution < -0.4 is 9.47 Å². The molecule has 0 spiro atoms. The molecule has 0 radical (unpaired) electrons. The number of aromatic nitrogens is 3. The number of carbonyl (C=O) groups is 1. The molecule has 1 fully saturated rings. The second-order valence-electron chi connectivity index (χ2n) is 12.3. The maximum Gasteiger partial charge on any atom is 0.338 e. The molecule has 11 heteroatoms. The Balaban J connectivity index is 1.27. The summed E-state index contributed by atoms with van der Waals surface area (Å²) in [5.74, 6) is 1.38. The Labute approximate surface area is 290 Å². The van der Waals surface area contributed by atoms with Crippen molar-refractivity contribution in [3.8, 4) is 22.9 Å². The van der Waals surface area contributed by atoms with Gasteiger partial charge in [0.25, 0.3) is 0 Å². The third-order valence-corrected chi connectivity index (χ3v) is 9.09. The van der Waals surface area contributed by atoms with Crippen molar-refractivity contribution in [1.29, 1.82) is 0 Å². The molecule has 0 amide bonds. The molecule has 50 heavy (non-hydrogen) atoms. The van der Waals surface area contributed by atoms with Gasteiger partial charge >= 0.3 is 5.97 Å². The van der Waals surface area contributed by atoms with Crippen molar-refractivity contribution < 1.29 is 33.2 Å². The van der Waals surface area contributed by atoms with E-state index in [0.29, 0.717) is 80.8 Å². The molecule has 0 saturated carbocycles. The van der Waals surface area contributed by atoms with Gasteiger partial charge in [-0.1, -0.05) is 36.4 Å². The Morgan fingerprint density at radius 2 is 1.88 bits per heavy atom. The monoisotopic (exact) mass is 674 g/mol. The first kappa shape index (κ1) is 33.2. The summed E-state index contributed by atoms with van der Waals surface area (Å²) in [7, 11) is 2.98. The SMILES string of the molecule is [C-]#[N+]c1ccc2c(c1)CCOCc1cc(ccc1Cc1nc3c(OCCOC)cc(C(=O)OC)cc3n1C[C@@H]1CCO1)-c1cccc(n1)OC2. The lowest BCUT2D eigenvalue weighted by Crippen LogP contribution is -2.31. The van der Waals surface area contributed by atoms with E-state index in [1.165, 1.54) is 7.11 Å². The van der Waals surface area contributed by atoms with Crippen LogP contribution in [0, 0.1) is 6.57 Å².